The van der Waals surface area contributed by atoms with Gasteiger partial charge in [-0.2, -0.15) is 0 Å². The molecule has 0 spiro atoms. The highest BCUT2D eigenvalue weighted by Gasteiger charge is 2.35. The number of benzene rings is 2. The van der Waals surface area contributed by atoms with E-state index in [-0.39, 0.29) is 42.7 Å². The van der Waals surface area contributed by atoms with Crippen molar-refractivity contribution in [1.29, 1.82) is 0 Å². The largest absolute Gasteiger partial charge is 0.453 e. The Labute approximate surface area is 208 Å². The number of rotatable bonds is 11. The fourth-order valence-electron chi connectivity index (χ4n) is 3.30. The minimum absolute atomic E-state index is 0.00664. The summed E-state index contributed by atoms with van der Waals surface area (Å²) in [7, 11) is -2.29. The van der Waals surface area contributed by atoms with E-state index in [0.29, 0.717) is 0 Å². The lowest BCUT2D eigenvalue weighted by atomic mass is 9.77. The van der Waals surface area contributed by atoms with Crippen LogP contribution in [0.4, 0.5) is 4.79 Å². The number of amides is 1. The first-order valence-corrected chi connectivity index (χ1v) is 13.5. The van der Waals surface area contributed by atoms with Crippen LogP contribution in [0.5, 0.6) is 0 Å². The van der Waals surface area contributed by atoms with E-state index in [1.807, 2.05) is 54.6 Å². The van der Waals surface area contributed by atoms with Gasteiger partial charge in [0.15, 0.2) is 15.6 Å². The van der Waals surface area contributed by atoms with Crippen molar-refractivity contribution in [3.8, 4) is 0 Å². The van der Waals surface area contributed by atoms with Gasteiger partial charge >= 0.3 is 6.09 Å². The summed E-state index contributed by atoms with van der Waals surface area (Å²) in [6.07, 6.45) is -0.484. The van der Waals surface area contributed by atoms with Gasteiger partial charge in [-0.15, -0.1) is 11.6 Å². The second-order valence-electron chi connectivity index (χ2n) is 7.68. The van der Waals surface area contributed by atoms with Crippen LogP contribution in [0.25, 0.3) is 0 Å². The Balaban J connectivity index is 2.11. The van der Waals surface area contributed by atoms with E-state index in [0.717, 1.165) is 14.7 Å². The fourth-order valence-corrected chi connectivity index (χ4v) is 5.56. The molecule has 0 bridgehead atoms. The molecule has 1 unspecified atom stereocenters. The lowest BCUT2D eigenvalue weighted by Crippen LogP contribution is -2.38. The average Bonchev–Trinajstić information content (AvgIpc) is 2.79. The minimum atomic E-state index is -3.55. The van der Waals surface area contributed by atoms with Crippen molar-refractivity contribution in [2.45, 2.75) is 25.3 Å². The molecule has 2 aromatic carbocycles. The van der Waals surface area contributed by atoms with E-state index in [9.17, 15) is 18.0 Å². The number of methoxy groups -OCH3 is 1. The van der Waals surface area contributed by atoms with E-state index >= 15 is 0 Å². The molecule has 6 nitrogen and oxygen atoms in total. The number of nitrogens with zero attached hydrogens (tertiary/aromatic N) is 1. The predicted molar refractivity (Wildman–Crippen MR) is 135 cm³/mol. The molecule has 0 aliphatic carbocycles. The Kier molecular flexibility index (Phi) is 9.97. The second-order valence-corrected chi connectivity index (χ2v) is 11.5. The van der Waals surface area contributed by atoms with Crippen LogP contribution in [0.1, 0.15) is 24.5 Å². The van der Waals surface area contributed by atoms with Crippen molar-refractivity contribution in [2.75, 3.05) is 31.0 Å². The molecular weight excluding hydrogens is 565 g/mol. The fraction of sp³-hybridized carbons (Fsp3) is 0.391. The Morgan fingerprint density at radius 2 is 1.78 bits per heavy atom. The molecule has 2 rings (SSSR count). The van der Waals surface area contributed by atoms with Gasteiger partial charge < -0.3 is 9.64 Å². The SMILES string of the molecule is COC(=O)N(CCS(=O)(=O)CCC(C)(C(=O)CCl)c1cccc(I)c1)Cc1ccccc1. The highest BCUT2D eigenvalue weighted by Crippen LogP contribution is 2.31. The van der Waals surface area contributed by atoms with E-state index in [2.05, 4.69) is 22.6 Å². The molecule has 174 valence electrons. The quantitative estimate of drug-likeness (QED) is 0.285. The van der Waals surface area contributed by atoms with Crippen LogP contribution in [0.3, 0.4) is 0 Å². The average molecular weight is 592 g/mol. The number of ketones is 1. The summed E-state index contributed by atoms with van der Waals surface area (Å²) >= 11 is 8.00. The number of hydrogen-bond donors (Lipinski definition) is 0. The van der Waals surface area contributed by atoms with Crippen molar-refractivity contribution >= 4 is 55.9 Å². The highest BCUT2D eigenvalue weighted by molar-refractivity contribution is 14.1. The molecule has 0 saturated heterocycles. The first-order valence-electron chi connectivity index (χ1n) is 10.0. The van der Waals surface area contributed by atoms with Crippen molar-refractivity contribution in [3.05, 3.63) is 69.3 Å². The molecule has 0 fully saturated rings. The molecule has 1 amide bonds. The van der Waals surface area contributed by atoms with Gasteiger partial charge in [-0.25, -0.2) is 13.2 Å². The molecule has 0 heterocycles. The molecule has 0 aromatic heterocycles. The van der Waals surface area contributed by atoms with Gasteiger partial charge in [-0.1, -0.05) is 42.5 Å². The summed E-state index contributed by atoms with van der Waals surface area (Å²) in [5.74, 6) is -0.851. The number of carbonyl (C=O) groups is 2. The van der Waals surface area contributed by atoms with E-state index in [4.69, 9.17) is 16.3 Å². The van der Waals surface area contributed by atoms with Crippen LogP contribution in [-0.2, 0) is 31.3 Å². The van der Waals surface area contributed by atoms with Crippen LogP contribution < -0.4 is 0 Å². The van der Waals surface area contributed by atoms with Crippen LogP contribution in [0, 0.1) is 3.57 Å². The van der Waals surface area contributed by atoms with Gasteiger partial charge in [0.25, 0.3) is 0 Å². The molecule has 0 aliphatic rings. The zero-order valence-corrected chi connectivity index (χ0v) is 21.8. The number of sulfone groups is 1. The topological polar surface area (TPSA) is 80.8 Å². The molecule has 9 heteroatoms. The summed E-state index contributed by atoms with van der Waals surface area (Å²) in [6.45, 7) is 1.97. The summed E-state index contributed by atoms with van der Waals surface area (Å²) in [5.41, 5.74) is 0.599. The third-order valence-corrected chi connectivity index (χ3v) is 7.98. The van der Waals surface area contributed by atoms with Crippen LogP contribution in [0.15, 0.2) is 54.6 Å². The standard InChI is InChI=1S/C23H27ClINO5S/c1-23(21(27)16-24,19-9-6-10-20(25)15-19)11-13-32(29,30)14-12-26(22(28)31-2)17-18-7-4-3-5-8-18/h3-10,15H,11-14,16-17H2,1-2H3. The first kappa shape index (κ1) is 26.6. The van der Waals surface area contributed by atoms with E-state index < -0.39 is 21.3 Å². The van der Waals surface area contributed by atoms with Gasteiger partial charge in [0.1, 0.15) is 0 Å². The molecule has 2 aromatic rings. The molecular formula is C23H27ClINO5S. The normalized spacial score (nSPS) is 13.2. The van der Waals surface area contributed by atoms with Crippen molar-refractivity contribution < 1.29 is 22.7 Å². The molecule has 0 aliphatic heterocycles. The van der Waals surface area contributed by atoms with E-state index in [1.54, 1.807) is 6.92 Å². The molecule has 0 radical (unpaired) electrons. The second kappa shape index (κ2) is 12.0. The van der Waals surface area contributed by atoms with Gasteiger partial charge in [-0.3, -0.25) is 4.79 Å². The van der Waals surface area contributed by atoms with Crippen LogP contribution in [-0.4, -0.2) is 56.2 Å². The molecule has 0 saturated carbocycles. The van der Waals surface area contributed by atoms with Crippen molar-refractivity contribution in [3.63, 3.8) is 0 Å². The van der Waals surface area contributed by atoms with Gasteiger partial charge in [0.2, 0.25) is 0 Å². The van der Waals surface area contributed by atoms with E-state index in [1.165, 1.54) is 12.0 Å². The summed E-state index contributed by atoms with van der Waals surface area (Å²) in [5, 5.41) is 0. The lowest BCUT2D eigenvalue weighted by Gasteiger charge is -2.28. The maximum Gasteiger partial charge on any atom is 0.409 e. The number of halogens is 2. The predicted octanol–water partition coefficient (Wildman–Crippen LogP) is 4.43. The van der Waals surface area contributed by atoms with Crippen LogP contribution in [0.2, 0.25) is 0 Å². The number of hydrogen-bond acceptors (Lipinski definition) is 5. The Morgan fingerprint density at radius 1 is 1.09 bits per heavy atom. The zero-order chi connectivity index (χ0) is 23.8. The molecule has 0 N–H and O–H groups in total. The molecule has 1 atom stereocenters. The first-order chi connectivity index (χ1) is 15.1. The van der Waals surface area contributed by atoms with Gasteiger partial charge in [0, 0.05) is 16.7 Å². The monoisotopic (exact) mass is 591 g/mol. The maximum atomic E-state index is 12.8. The smallest absolute Gasteiger partial charge is 0.409 e. The zero-order valence-electron chi connectivity index (χ0n) is 18.1. The minimum Gasteiger partial charge on any atom is -0.453 e. The summed E-state index contributed by atoms with van der Waals surface area (Å²) < 4.78 is 31.4. The number of Topliss-reactive ketones (excluding diaryl/α,β-unsaturated/α-hetero) is 1. The Hall–Kier alpha value is -1.65. The maximum absolute atomic E-state index is 12.8. The van der Waals surface area contributed by atoms with Crippen LogP contribution >= 0.6 is 34.2 Å². The third-order valence-electron chi connectivity index (χ3n) is 5.43. The Morgan fingerprint density at radius 3 is 2.38 bits per heavy atom. The number of ether oxygens (including phenoxy) is 1. The molecule has 32 heavy (non-hydrogen) atoms. The number of carbonyl (C=O) groups excluding carboxylic acids is 2. The lowest BCUT2D eigenvalue weighted by molar-refractivity contribution is -0.121. The third kappa shape index (κ3) is 7.45. The summed E-state index contributed by atoms with van der Waals surface area (Å²) in [4.78, 5) is 26.2. The van der Waals surface area contributed by atoms with Crippen molar-refractivity contribution in [1.82, 2.24) is 4.90 Å². The summed E-state index contributed by atoms with van der Waals surface area (Å²) in [6, 6.07) is 16.7. The van der Waals surface area contributed by atoms with Crippen molar-refractivity contribution in [2.24, 2.45) is 0 Å². The highest BCUT2D eigenvalue weighted by atomic mass is 127. The van der Waals surface area contributed by atoms with Gasteiger partial charge in [0.05, 0.1) is 29.9 Å². The Bertz CT molecular complexity index is 1030. The van der Waals surface area contributed by atoms with Gasteiger partial charge in [-0.05, 0) is 59.2 Å². The number of alkyl halides is 1.